The first kappa shape index (κ1) is 24.2. The maximum absolute atomic E-state index is 9.99. The van der Waals surface area contributed by atoms with Crippen molar-refractivity contribution < 1.29 is 33.2 Å². The molecule has 0 atom stereocenters. The molecule has 10 rings (SSSR count). The van der Waals surface area contributed by atoms with E-state index in [-0.39, 0.29) is 64.3 Å². The fourth-order valence-electron chi connectivity index (χ4n) is 8.08. The molecule has 320 valence electrons. The van der Waals surface area contributed by atoms with Crippen molar-refractivity contribution in [2.24, 2.45) is 0 Å². The van der Waals surface area contributed by atoms with Gasteiger partial charge < -0.3 is 4.42 Å². The van der Waals surface area contributed by atoms with Gasteiger partial charge in [0.15, 0.2) is 0 Å². The minimum Gasteiger partial charge on any atom is -0.455 e. The molecule has 1 saturated carbocycles. The van der Waals surface area contributed by atoms with Gasteiger partial charge >= 0.3 is 0 Å². The summed E-state index contributed by atoms with van der Waals surface area (Å²) >= 11 is 0. The number of aromatic nitrogens is 3. The first-order valence-corrected chi connectivity index (χ1v) is 21.3. The van der Waals surface area contributed by atoms with E-state index in [1.54, 1.807) is 78.9 Å². The normalized spacial score (nSPS) is 20.0. The zero-order chi connectivity index (χ0) is 62.5. The first-order chi connectivity index (χ1) is 40.1. The third kappa shape index (κ3) is 9.26. The Hall–Kier alpha value is -7.16. The number of para-hydroxylation sites is 1. The van der Waals surface area contributed by atoms with Crippen LogP contribution in [0.4, 0.5) is 0 Å². The Morgan fingerprint density at radius 3 is 1.78 bits per heavy atom. The number of pyridine rings is 3. The highest BCUT2D eigenvalue weighted by atomic mass is 16.3. The average molecular weight is 868 g/mol. The number of benzene rings is 5. The van der Waals surface area contributed by atoms with Crippen molar-refractivity contribution in [3.63, 3.8) is 0 Å². The summed E-state index contributed by atoms with van der Waals surface area (Å²) in [5.41, 5.74) is -4.42. The largest absolute Gasteiger partial charge is 0.455 e. The molecule has 65 heavy (non-hydrogen) atoms. The van der Waals surface area contributed by atoms with Gasteiger partial charge in [0.05, 0.1) is 31.5 Å². The zero-order valence-electron chi connectivity index (χ0n) is 56.0. The Balaban J connectivity index is 1.18. The highest BCUT2D eigenvalue weighted by Crippen LogP contribution is 2.40. The SMILES string of the molecule is [2H]c1cc2c(oc3c(-c4cc(C5([2H])CCCCC5)c(C([2H])([2H])C([2H])([2H])c5cc(C([2H])([2H])C([2H])([2H])c6cnc(-c7ccccc7)cc6C([2H])([2H])[2H])cc(C([2H])([2H])C([2H])([2H])c6cnc(-c7ccccc7)cc6C([2H])([2H])[2H])c5)cn4)cccc32)c([2H])c1C#N. The van der Waals surface area contributed by atoms with E-state index in [1.807, 2.05) is 6.07 Å². The molecule has 5 nitrogen and oxygen atoms in total. The molecule has 0 aliphatic heterocycles. The molecule has 1 aliphatic rings. The van der Waals surface area contributed by atoms with Crippen molar-refractivity contribution in [1.82, 2.24) is 15.0 Å². The standard InChI is InChI=1S/C60H54N4O/c1-40-29-56(47-15-8-4-9-16-47)62-37-49(40)25-21-42-31-43(22-26-50-38-63-57(30-41(50)2)48-17-10-5-11-18-48)33-44(32-42)23-27-51-39-64-58(35-55(51)46-13-6-3-7-14-46)54-20-12-19-53-52-28-24-45(36-61)34-59(52)65-60(53)54/h4-5,8-12,15-20,24,28-35,37-39,46H,3,6-7,13-14,21-23,25-27H2,1-2H3/i1D3,2D3,21D2,22D2,23D2,24D,25D2,26D2,27D2,34D,46D. The van der Waals surface area contributed by atoms with E-state index >= 15 is 0 Å². The van der Waals surface area contributed by atoms with Crippen molar-refractivity contribution >= 4 is 21.9 Å². The number of nitriles is 1. The number of aryl methyl sites for hydroxylation is 8. The number of nitrogens with zero attached hydrogens (tertiary/aromatic N) is 4. The van der Waals surface area contributed by atoms with Gasteiger partial charge in [-0.25, -0.2) is 0 Å². The van der Waals surface area contributed by atoms with E-state index in [4.69, 9.17) is 15.4 Å². The summed E-state index contributed by atoms with van der Waals surface area (Å²) in [6, 6.07) is 30.3. The Labute approximate surface area is 412 Å². The second-order valence-corrected chi connectivity index (χ2v) is 15.7. The van der Waals surface area contributed by atoms with E-state index in [9.17, 15) is 23.1 Å². The molecule has 9 aromatic rings. The quantitative estimate of drug-likeness (QED) is 0.115. The predicted molar refractivity (Wildman–Crippen MR) is 265 cm³/mol. The summed E-state index contributed by atoms with van der Waals surface area (Å²) in [5, 5.41) is 10.6. The third-order valence-electron chi connectivity index (χ3n) is 11.4. The fourth-order valence-corrected chi connectivity index (χ4v) is 8.08. The number of furan rings is 1. The van der Waals surface area contributed by atoms with Crippen molar-refractivity contribution in [2.45, 2.75) is 89.9 Å². The van der Waals surface area contributed by atoms with E-state index in [0.717, 1.165) is 55.3 Å². The monoisotopic (exact) mass is 868 g/mol. The van der Waals surface area contributed by atoms with Gasteiger partial charge in [0, 0.05) is 72.1 Å². The number of fused-ring (bicyclic) bond motifs is 3. The van der Waals surface area contributed by atoms with Gasteiger partial charge in [0.2, 0.25) is 0 Å². The summed E-state index contributed by atoms with van der Waals surface area (Å²) in [7, 11) is 0. The number of hydrogen-bond donors (Lipinski definition) is 0. The second-order valence-electron chi connectivity index (χ2n) is 15.7. The van der Waals surface area contributed by atoms with Crippen molar-refractivity contribution in [3.05, 3.63) is 208 Å². The second kappa shape index (κ2) is 18.9. The van der Waals surface area contributed by atoms with Gasteiger partial charge in [-0.15, -0.1) is 0 Å². The summed E-state index contributed by atoms with van der Waals surface area (Å²) < 4.78 is 201. The van der Waals surface area contributed by atoms with Gasteiger partial charge in [-0.1, -0.05) is 110 Å². The van der Waals surface area contributed by atoms with Gasteiger partial charge in [0.1, 0.15) is 11.2 Å². The summed E-state index contributed by atoms with van der Waals surface area (Å²) in [5.74, 6) is -1.59. The molecule has 5 aromatic carbocycles. The van der Waals surface area contributed by atoms with Crippen LogP contribution < -0.4 is 0 Å². The first-order valence-electron chi connectivity index (χ1n) is 31.8. The molecule has 0 spiro atoms. The van der Waals surface area contributed by atoms with Crippen LogP contribution in [0.2, 0.25) is 0 Å². The van der Waals surface area contributed by atoms with E-state index < -0.39 is 102 Å². The highest BCUT2D eigenvalue weighted by molar-refractivity contribution is 6.09. The van der Waals surface area contributed by atoms with Crippen molar-refractivity contribution in [1.29, 1.82) is 5.26 Å². The molecular weight excluding hydrogens is 793 g/mol. The summed E-state index contributed by atoms with van der Waals surface area (Å²) in [6.07, 6.45) is -15.9. The van der Waals surface area contributed by atoms with Gasteiger partial charge in [-0.05, 0) is 163 Å². The maximum Gasteiger partial charge on any atom is 0.144 e. The Morgan fingerprint density at radius 1 is 0.631 bits per heavy atom. The third-order valence-corrected chi connectivity index (χ3v) is 11.4. The van der Waals surface area contributed by atoms with E-state index in [2.05, 4.69) is 15.0 Å². The molecule has 0 unspecified atom stereocenters. The van der Waals surface area contributed by atoms with Crippen LogP contribution in [0.15, 0.2) is 156 Å². The number of hydrogen-bond acceptors (Lipinski definition) is 5. The minimum atomic E-state index is -3.54. The molecule has 0 amide bonds. The molecular formula is C60H54N4O. The molecule has 0 N–H and O–H groups in total. The average Bonchev–Trinajstić information content (AvgIpc) is 0.789. The molecule has 0 saturated heterocycles. The summed E-state index contributed by atoms with van der Waals surface area (Å²) in [4.78, 5) is 13.3. The van der Waals surface area contributed by atoms with E-state index in [1.165, 1.54) is 12.1 Å². The molecule has 1 aliphatic carbocycles. The van der Waals surface area contributed by atoms with Crippen LogP contribution in [0.3, 0.4) is 0 Å². The Bertz CT molecular complexity index is 4000. The molecule has 0 radical (unpaired) electrons. The Kier molecular flexibility index (Phi) is 7.04. The maximum atomic E-state index is 9.99. The minimum absolute atomic E-state index is 0.00688. The van der Waals surface area contributed by atoms with Crippen LogP contribution in [0, 0.1) is 25.0 Å². The molecule has 1 fully saturated rings. The van der Waals surface area contributed by atoms with Crippen LogP contribution in [-0.2, 0) is 38.2 Å². The lowest BCUT2D eigenvalue weighted by atomic mass is 9.81. The van der Waals surface area contributed by atoms with Crippen molar-refractivity contribution in [2.75, 3.05) is 0 Å². The Morgan fingerprint density at radius 2 is 1.20 bits per heavy atom. The van der Waals surface area contributed by atoms with E-state index in [0.29, 0.717) is 40.3 Å². The van der Waals surface area contributed by atoms with Crippen molar-refractivity contribution in [3.8, 4) is 39.8 Å². The van der Waals surface area contributed by atoms with Crippen LogP contribution >= 0.6 is 0 Å². The lowest BCUT2D eigenvalue weighted by Gasteiger charge is -2.25. The molecule has 4 heterocycles. The topological polar surface area (TPSA) is 75.6 Å². The highest BCUT2D eigenvalue weighted by Gasteiger charge is 2.22. The van der Waals surface area contributed by atoms with Crippen LogP contribution in [0.25, 0.3) is 55.7 Å². The zero-order valence-corrected chi connectivity index (χ0v) is 35.0. The number of rotatable bonds is 13. The lowest BCUT2D eigenvalue weighted by molar-refractivity contribution is 0.441. The molecule has 0 bridgehead atoms. The fraction of sp³-hybridized carbons (Fsp3) is 0.233. The molecule has 4 aromatic heterocycles. The van der Waals surface area contributed by atoms with Crippen LogP contribution in [0.1, 0.15) is 122 Å². The smallest absolute Gasteiger partial charge is 0.144 e. The van der Waals surface area contributed by atoms with Gasteiger partial charge in [-0.2, -0.15) is 5.26 Å². The van der Waals surface area contributed by atoms with Gasteiger partial charge in [-0.3, -0.25) is 15.0 Å². The van der Waals surface area contributed by atoms with Crippen LogP contribution in [0.5, 0.6) is 0 Å². The molecule has 5 heteroatoms. The van der Waals surface area contributed by atoms with Crippen LogP contribution in [-0.4, -0.2) is 15.0 Å². The predicted octanol–water partition coefficient (Wildman–Crippen LogP) is 14.7. The lowest BCUT2D eigenvalue weighted by Crippen LogP contribution is -2.09. The van der Waals surface area contributed by atoms with Gasteiger partial charge in [0.25, 0.3) is 0 Å². The summed E-state index contributed by atoms with van der Waals surface area (Å²) in [6.45, 7) is -6.20.